The number of carbonyl (C=O) groups is 1. The predicted octanol–water partition coefficient (Wildman–Crippen LogP) is 3.73. The smallest absolute Gasteiger partial charge is 0.253 e. The maximum atomic E-state index is 13.3. The summed E-state index contributed by atoms with van der Waals surface area (Å²) >= 11 is 0. The minimum Gasteiger partial charge on any atom is -0.398 e. The van der Waals surface area contributed by atoms with Crippen LogP contribution in [0.2, 0.25) is 0 Å². The van der Waals surface area contributed by atoms with Gasteiger partial charge < -0.3 is 10.6 Å². The normalized spacial score (nSPS) is 11.3. The van der Waals surface area contributed by atoms with Gasteiger partial charge in [-0.05, 0) is 59.9 Å². The Hall–Kier alpha value is -3.49. The zero-order chi connectivity index (χ0) is 25.0. The van der Waals surface area contributed by atoms with Gasteiger partial charge in [0.2, 0.25) is 10.0 Å². The number of sulfonamides is 1. The number of aryl methyl sites for hydroxylation is 2. The van der Waals surface area contributed by atoms with Gasteiger partial charge in [0.15, 0.2) is 0 Å². The summed E-state index contributed by atoms with van der Waals surface area (Å²) in [6.07, 6.45) is 1.76. The van der Waals surface area contributed by atoms with Crippen LogP contribution in [0.3, 0.4) is 0 Å². The second kappa shape index (κ2) is 10.2. The Labute approximate surface area is 201 Å². The molecule has 0 aliphatic rings. The molecule has 0 saturated heterocycles. The molecule has 8 heteroatoms. The van der Waals surface area contributed by atoms with E-state index in [1.807, 2.05) is 6.07 Å². The lowest BCUT2D eigenvalue weighted by atomic mass is 9.96. The zero-order valence-electron chi connectivity index (χ0n) is 19.6. The van der Waals surface area contributed by atoms with E-state index in [2.05, 4.69) is 26.0 Å². The first-order chi connectivity index (χ1) is 16.1. The first kappa shape index (κ1) is 25.1. The molecule has 0 heterocycles. The summed E-state index contributed by atoms with van der Waals surface area (Å²) in [6.45, 7) is 4.67. The lowest BCUT2D eigenvalue weighted by molar-refractivity contribution is 0.0784. The van der Waals surface area contributed by atoms with E-state index in [0.29, 0.717) is 28.9 Å². The fraction of sp³-hybridized carbons (Fsp3) is 0.231. The fourth-order valence-electron chi connectivity index (χ4n) is 3.97. The molecule has 0 radical (unpaired) electrons. The molecule has 34 heavy (non-hydrogen) atoms. The Bertz CT molecular complexity index is 1330. The summed E-state index contributed by atoms with van der Waals surface area (Å²) in [6, 6.07) is 16.8. The van der Waals surface area contributed by atoms with Crippen LogP contribution in [0.4, 0.5) is 5.69 Å². The van der Waals surface area contributed by atoms with Gasteiger partial charge in [-0.2, -0.15) is 0 Å². The van der Waals surface area contributed by atoms with Crippen molar-refractivity contribution < 1.29 is 13.2 Å². The molecular weight excluding hydrogens is 448 g/mol. The van der Waals surface area contributed by atoms with Crippen LogP contribution in [0.1, 0.15) is 52.0 Å². The van der Waals surface area contributed by atoms with Crippen molar-refractivity contribution in [3.8, 4) is 0 Å². The van der Waals surface area contributed by atoms with Crippen molar-refractivity contribution in [1.29, 1.82) is 5.41 Å². The Morgan fingerprint density at radius 1 is 0.941 bits per heavy atom. The minimum absolute atomic E-state index is 0.00454. The van der Waals surface area contributed by atoms with Gasteiger partial charge in [-0.25, -0.2) is 13.6 Å². The number of benzene rings is 3. The number of amides is 1. The molecule has 178 valence electrons. The second-order valence-corrected chi connectivity index (χ2v) is 9.73. The number of nitrogen functional groups attached to an aromatic ring is 1. The molecule has 0 aliphatic heterocycles. The van der Waals surface area contributed by atoms with Crippen LogP contribution in [0.5, 0.6) is 0 Å². The van der Waals surface area contributed by atoms with E-state index in [1.165, 1.54) is 29.3 Å². The molecular formula is C26H30N4O3S. The lowest BCUT2D eigenvalue weighted by Crippen LogP contribution is -2.27. The maximum Gasteiger partial charge on any atom is 0.253 e. The highest BCUT2D eigenvalue weighted by Gasteiger charge is 2.19. The zero-order valence-corrected chi connectivity index (χ0v) is 20.4. The first-order valence-corrected chi connectivity index (χ1v) is 12.6. The van der Waals surface area contributed by atoms with E-state index >= 15 is 0 Å². The van der Waals surface area contributed by atoms with Crippen molar-refractivity contribution in [2.75, 3.05) is 12.8 Å². The van der Waals surface area contributed by atoms with E-state index in [-0.39, 0.29) is 16.5 Å². The van der Waals surface area contributed by atoms with Crippen molar-refractivity contribution in [3.05, 3.63) is 94.0 Å². The van der Waals surface area contributed by atoms with Crippen molar-refractivity contribution in [3.63, 3.8) is 0 Å². The van der Waals surface area contributed by atoms with Gasteiger partial charge in [-0.1, -0.05) is 44.2 Å². The van der Waals surface area contributed by atoms with Crippen molar-refractivity contribution in [2.24, 2.45) is 5.14 Å². The van der Waals surface area contributed by atoms with Crippen LogP contribution >= 0.6 is 0 Å². The van der Waals surface area contributed by atoms with Crippen LogP contribution in [-0.2, 0) is 29.4 Å². The van der Waals surface area contributed by atoms with E-state index in [9.17, 15) is 13.2 Å². The highest BCUT2D eigenvalue weighted by atomic mass is 32.2. The number of hydrogen-bond donors (Lipinski definition) is 3. The van der Waals surface area contributed by atoms with Crippen LogP contribution in [0.15, 0.2) is 65.6 Å². The highest BCUT2D eigenvalue weighted by molar-refractivity contribution is 7.89. The number of rotatable bonds is 8. The van der Waals surface area contributed by atoms with Gasteiger partial charge in [0.25, 0.3) is 5.91 Å². The van der Waals surface area contributed by atoms with Crippen LogP contribution in [0.25, 0.3) is 0 Å². The van der Waals surface area contributed by atoms with Gasteiger partial charge in [0.1, 0.15) is 0 Å². The molecule has 7 nitrogen and oxygen atoms in total. The predicted molar refractivity (Wildman–Crippen MR) is 136 cm³/mol. The number of nitrogens with two attached hydrogens (primary N) is 2. The number of primary sulfonamides is 1. The third kappa shape index (κ3) is 5.35. The van der Waals surface area contributed by atoms with Gasteiger partial charge >= 0.3 is 0 Å². The molecule has 0 atom stereocenters. The molecule has 1 amide bonds. The number of carbonyl (C=O) groups excluding carboxylic acids is 1. The molecule has 0 spiro atoms. The molecule has 3 aromatic rings. The summed E-state index contributed by atoms with van der Waals surface area (Å²) in [5.41, 5.74) is 11.1. The molecule has 0 saturated carbocycles. The molecule has 0 aromatic heterocycles. The molecule has 0 aliphatic carbocycles. The van der Waals surface area contributed by atoms with Crippen LogP contribution in [0, 0.1) is 5.41 Å². The molecule has 0 bridgehead atoms. The van der Waals surface area contributed by atoms with Gasteiger partial charge in [-0.3, -0.25) is 10.2 Å². The monoisotopic (exact) mass is 478 g/mol. The van der Waals surface area contributed by atoms with E-state index < -0.39 is 10.0 Å². The van der Waals surface area contributed by atoms with Crippen LogP contribution < -0.4 is 10.9 Å². The van der Waals surface area contributed by atoms with Gasteiger partial charge in [0.05, 0.1) is 10.6 Å². The summed E-state index contributed by atoms with van der Waals surface area (Å²) < 4.78 is 23.4. The average molecular weight is 479 g/mol. The average Bonchev–Trinajstić information content (AvgIpc) is 2.83. The molecule has 3 aromatic carbocycles. The van der Waals surface area contributed by atoms with E-state index in [1.54, 1.807) is 36.2 Å². The lowest BCUT2D eigenvalue weighted by Gasteiger charge is -2.22. The number of nitrogens with one attached hydrogen (secondary N) is 1. The van der Waals surface area contributed by atoms with Crippen LogP contribution in [-0.4, -0.2) is 32.0 Å². The third-order valence-corrected chi connectivity index (χ3v) is 6.81. The largest absolute Gasteiger partial charge is 0.398 e. The summed E-state index contributed by atoms with van der Waals surface area (Å²) in [4.78, 5) is 14.8. The van der Waals surface area contributed by atoms with Crippen molar-refractivity contribution in [2.45, 2.75) is 38.1 Å². The topological polar surface area (TPSA) is 130 Å². The van der Waals surface area contributed by atoms with E-state index in [4.69, 9.17) is 16.3 Å². The summed E-state index contributed by atoms with van der Waals surface area (Å²) in [5.74, 6) is -0.194. The Balaban J connectivity index is 1.92. The molecule has 0 fully saturated rings. The SMILES string of the molecule is CCc1cccc(CC)c1CN(C)C(=O)c1ccc(N)c(C(=N)c2cccc(S(N)(=O)=O)c2)c1. The highest BCUT2D eigenvalue weighted by Crippen LogP contribution is 2.23. The van der Waals surface area contributed by atoms with Crippen molar-refractivity contribution >= 4 is 27.3 Å². The molecule has 5 N–H and O–H groups in total. The third-order valence-electron chi connectivity index (χ3n) is 5.89. The fourth-order valence-corrected chi connectivity index (χ4v) is 4.53. The maximum absolute atomic E-state index is 13.3. The second-order valence-electron chi connectivity index (χ2n) is 8.17. The number of hydrogen-bond acceptors (Lipinski definition) is 5. The standard InChI is InChI=1S/C26H30N4O3S/c1-4-17-8-6-9-18(5-2)23(17)16-30(3)26(31)20-12-13-24(27)22(15-20)25(28)19-10-7-11-21(14-19)34(29,32)33/h6-15,28H,4-5,16,27H2,1-3H3,(H2,29,32,33). The van der Waals surface area contributed by atoms with Gasteiger partial charge in [0, 0.05) is 36.0 Å². The number of anilines is 1. The Morgan fingerprint density at radius 2 is 1.56 bits per heavy atom. The Kier molecular flexibility index (Phi) is 7.54. The molecule has 0 unspecified atom stereocenters. The van der Waals surface area contributed by atoms with Crippen molar-refractivity contribution in [1.82, 2.24) is 4.90 Å². The summed E-state index contributed by atoms with van der Waals surface area (Å²) in [5, 5.41) is 13.8. The number of nitrogens with zero attached hydrogens (tertiary/aromatic N) is 1. The Morgan fingerprint density at radius 3 is 2.15 bits per heavy atom. The van der Waals surface area contributed by atoms with E-state index in [0.717, 1.165) is 18.4 Å². The van der Waals surface area contributed by atoms with Gasteiger partial charge in [-0.15, -0.1) is 0 Å². The molecule has 3 rings (SSSR count). The quantitative estimate of drug-likeness (QED) is 0.336. The summed E-state index contributed by atoms with van der Waals surface area (Å²) in [7, 11) is -2.16. The first-order valence-electron chi connectivity index (χ1n) is 11.0. The minimum atomic E-state index is -3.91.